The molecular weight excluding hydrogens is 306 g/mol. The van der Waals surface area contributed by atoms with Gasteiger partial charge in [0.1, 0.15) is 0 Å². The zero-order valence-electron chi connectivity index (χ0n) is 10.7. The lowest BCUT2D eigenvalue weighted by molar-refractivity contribution is 0.0696. The minimum atomic E-state index is -3.83. The van der Waals surface area contributed by atoms with E-state index >= 15 is 0 Å². The number of halogens is 1. The van der Waals surface area contributed by atoms with Gasteiger partial charge in [-0.1, -0.05) is 11.6 Å². The fraction of sp³-hybridized carbons (Fsp3) is 0.417. The lowest BCUT2D eigenvalue weighted by atomic mass is 10.1. The van der Waals surface area contributed by atoms with Crippen molar-refractivity contribution < 1.29 is 23.1 Å². The fourth-order valence-electron chi connectivity index (χ4n) is 2.07. The van der Waals surface area contributed by atoms with Gasteiger partial charge in [0.05, 0.1) is 17.1 Å². The Morgan fingerprint density at radius 2 is 2.20 bits per heavy atom. The van der Waals surface area contributed by atoms with Gasteiger partial charge in [0.25, 0.3) is 0 Å². The Bertz CT molecular complexity index is 637. The standard InChI is InChI=1S/C12H14ClNO5S/c1-7-10(12(15)16)4-8(13)5-11(7)20(17,18)14-9-2-3-19-6-9/h4-5,9,14H,2-3,6H2,1H3,(H,15,16). The zero-order valence-corrected chi connectivity index (χ0v) is 12.3. The molecule has 1 aromatic rings. The van der Waals surface area contributed by atoms with E-state index < -0.39 is 16.0 Å². The van der Waals surface area contributed by atoms with Gasteiger partial charge in [0, 0.05) is 17.7 Å². The van der Waals surface area contributed by atoms with Crippen molar-refractivity contribution in [2.75, 3.05) is 13.2 Å². The van der Waals surface area contributed by atoms with Gasteiger partial charge in [0.2, 0.25) is 10.0 Å². The highest BCUT2D eigenvalue weighted by Gasteiger charge is 2.26. The molecule has 8 heteroatoms. The highest BCUT2D eigenvalue weighted by Crippen LogP contribution is 2.25. The maximum Gasteiger partial charge on any atom is 0.336 e. The van der Waals surface area contributed by atoms with E-state index in [4.69, 9.17) is 21.4 Å². The molecule has 0 aromatic heterocycles. The topological polar surface area (TPSA) is 92.7 Å². The van der Waals surface area contributed by atoms with Crippen LogP contribution in [0.2, 0.25) is 5.02 Å². The number of carboxylic acid groups (broad SMARTS) is 1. The van der Waals surface area contributed by atoms with Gasteiger partial charge in [-0.2, -0.15) is 0 Å². The summed E-state index contributed by atoms with van der Waals surface area (Å²) in [4.78, 5) is 11.0. The summed E-state index contributed by atoms with van der Waals surface area (Å²) in [6.45, 7) is 2.26. The van der Waals surface area contributed by atoms with Crippen molar-refractivity contribution in [1.82, 2.24) is 4.72 Å². The van der Waals surface area contributed by atoms with Crippen LogP contribution in [0.5, 0.6) is 0 Å². The third kappa shape index (κ3) is 3.12. The van der Waals surface area contributed by atoms with E-state index in [1.54, 1.807) is 0 Å². The first-order valence-electron chi connectivity index (χ1n) is 5.95. The van der Waals surface area contributed by atoms with Gasteiger partial charge in [-0.25, -0.2) is 17.9 Å². The number of benzene rings is 1. The minimum Gasteiger partial charge on any atom is -0.478 e. The lowest BCUT2D eigenvalue weighted by Crippen LogP contribution is -2.35. The minimum absolute atomic E-state index is 0.0658. The lowest BCUT2D eigenvalue weighted by Gasteiger charge is -2.14. The van der Waals surface area contributed by atoms with E-state index in [0.29, 0.717) is 19.6 Å². The van der Waals surface area contributed by atoms with Gasteiger partial charge in [-0.05, 0) is 31.0 Å². The first-order chi connectivity index (χ1) is 9.31. The molecule has 0 aliphatic carbocycles. The predicted molar refractivity (Wildman–Crippen MR) is 72.7 cm³/mol. The van der Waals surface area contributed by atoms with Crippen molar-refractivity contribution in [1.29, 1.82) is 0 Å². The molecular formula is C12H14ClNO5S. The summed E-state index contributed by atoms with van der Waals surface area (Å²) in [6.07, 6.45) is 0.588. The van der Waals surface area contributed by atoms with Gasteiger partial charge in [-0.3, -0.25) is 0 Å². The van der Waals surface area contributed by atoms with E-state index in [0.717, 1.165) is 0 Å². The third-order valence-electron chi connectivity index (χ3n) is 3.10. The highest BCUT2D eigenvalue weighted by atomic mass is 35.5. The molecule has 110 valence electrons. The number of nitrogens with one attached hydrogen (secondary N) is 1. The molecule has 1 saturated heterocycles. The summed E-state index contributed by atoms with van der Waals surface area (Å²) in [5, 5.41) is 9.14. The predicted octanol–water partition coefficient (Wildman–Crippen LogP) is 1.41. The van der Waals surface area contributed by atoms with Crippen molar-refractivity contribution in [2.24, 2.45) is 0 Å². The Balaban J connectivity index is 2.42. The average Bonchev–Trinajstić information content (AvgIpc) is 2.83. The summed E-state index contributed by atoms with van der Waals surface area (Å²) < 4.78 is 32.2. The van der Waals surface area contributed by atoms with Crippen LogP contribution in [0.15, 0.2) is 17.0 Å². The average molecular weight is 320 g/mol. The summed E-state index contributed by atoms with van der Waals surface area (Å²) in [6, 6.07) is 2.19. The molecule has 1 atom stereocenters. The molecule has 6 nitrogen and oxygen atoms in total. The fourth-order valence-corrected chi connectivity index (χ4v) is 3.90. The van der Waals surface area contributed by atoms with Crippen LogP contribution in [0, 0.1) is 6.92 Å². The van der Waals surface area contributed by atoms with Gasteiger partial charge in [0.15, 0.2) is 0 Å². The van der Waals surface area contributed by atoms with Crippen LogP contribution in [0.25, 0.3) is 0 Å². The molecule has 2 rings (SSSR count). The van der Waals surface area contributed by atoms with E-state index in [9.17, 15) is 13.2 Å². The maximum absolute atomic E-state index is 12.3. The molecule has 1 aliphatic rings. The molecule has 0 radical (unpaired) electrons. The molecule has 0 amide bonds. The number of sulfonamides is 1. The van der Waals surface area contributed by atoms with E-state index in [1.807, 2.05) is 0 Å². The first-order valence-corrected chi connectivity index (χ1v) is 7.81. The molecule has 0 saturated carbocycles. The Morgan fingerprint density at radius 3 is 2.75 bits per heavy atom. The van der Waals surface area contributed by atoms with Crippen LogP contribution >= 0.6 is 11.6 Å². The first kappa shape index (κ1) is 15.2. The third-order valence-corrected chi connectivity index (χ3v) is 4.96. The number of carboxylic acids is 1. The zero-order chi connectivity index (χ0) is 14.9. The van der Waals surface area contributed by atoms with Crippen molar-refractivity contribution in [3.05, 3.63) is 28.3 Å². The second-order valence-electron chi connectivity index (χ2n) is 4.56. The number of aromatic carboxylic acids is 1. The molecule has 1 aromatic carbocycles. The SMILES string of the molecule is Cc1c(C(=O)O)cc(Cl)cc1S(=O)(=O)NC1CCOC1. The van der Waals surface area contributed by atoms with E-state index in [-0.39, 0.29) is 27.1 Å². The van der Waals surface area contributed by atoms with Crippen LogP contribution in [0.4, 0.5) is 0 Å². The van der Waals surface area contributed by atoms with Crippen LogP contribution in [-0.2, 0) is 14.8 Å². The van der Waals surface area contributed by atoms with Crippen molar-refractivity contribution in [3.63, 3.8) is 0 Å². The molecule has 1 aliphatic heterocycles. The second-order valence-corrected chi connectivity index (χ2v) is 6.68. The normalized spacial score (nSPS) is 19.2. The van der Waals surface area contributed by atoms with Crippen LogP contribution < -0.4 is 4.72 Å². The monoisotopic (exact) mass is 319 g/mol. The summed E-state index contributed by atoms with van der Waals surface area (Å²) >= 11 is 5.81. The van der Waals surface area contributed by atoms with E-state index in [1.165, 1.54) is 19.1 Å². The van der Waals surface area contributed by atoms with Crippen LogP contribution in [0.3, 0.4) is 0 Å². The number of hydrogen-bond acceptors (Lipinski definition) is 4. The summed E-state index contributed by atoms with van der Waals surface area (Å²) in [7, 11) is -3.83. The van der Waals surface area contributed by atoms with Gasteiger partial charge in [-0.15, -0.1) is 0 Å². The number of rotatable bonds is 4. The molecule has 0 bridgehead atoms. The number of ether oxygens (including phenoxy) is 1. The highest BCUT2D eigenvalue weighted by molar-refractivity contribution is 7.89. The van der Waals surface area contributed by atoms with Gasteiger partial charge >= 0.3 is 5.97 Å². The Labute approximate surface area is 121 Å². The second kappa shape index (κ2) is 5.69. The largest absolute Gasteiger partial charge is 0.478 e. The number of hydrogen-bond donors (Lipinski definition) is 2. The number of carbonyl (C=O) groups is 1. The van der Waals surface area contributed by atoms with E-state index in [2.05, 4.69) is 4.72 Å². The van der Waals surface area contributed by atoms with Crippen molar-refractivity contribution in [3.8, 4) is 0 Å². The quantitative estimate of drug-likeness (QED) is 0.875. The van der Waals surface area contributed by atoms with Gasteiger partial charge < -0.3 is 9.84 Å². The maximum atomic E-state index is 12.3. The van der Waals surface area contributed by atoms with Crippen molar-refractivity contribution >= 4 is 27.6 Å². The molecule has 2 N–H and O–H groups in total. The van der Waals surface area contributed by atoms with Crippen molar-refractivity contribution in [2.45, 2.75) is 24.3 Å². The van der Waals surface area contributed by atoms with Crippen LogP contribution in [-0.4, -0.2) is 38.7 Å². The summed E-state index contributed by atoms with van der Waals surface area (Å²) in [5.41, 5.74) is 0.0360. The Kier molecular flexibility index (Phi) is 4.33. The Morgan fingerprint density at radius 1 is 1.50 bits per heavy atom. The summed E-state index contributed by atoms with van der Waals surface area (Å²) in [5.74, 6) is -1.22. The molecule has 1 heterocycles. The molecule has 1 unspecified atom stereocenters. The molecule has 0 spiro atoms. The van der Waals surface area contributed by atoms with Crippen LogP contribution in [0.1, 0.15) is 22.3 Å². The molecule has 20 heavy (non-hydrogen) atoms. The Hall–Kier alpha value is -1.15. The molecule has 1 fully saturated rings. The smallest absolute Gasteiger partial charge is 0.336 e.